The van der Waals surface area contributed by atoms with E-state index in [2.05, 4.69) is 5.32 Å². The quantitative estimate of drug-likeness (QED) is 0.738. The van der Waals surface area contributed by atoms with Crippen molar-refractivity contribution in [2.75, 3.05) is 13.7 Å². The SMILES string of the molecule is COc1ccc(C2NCCC2O)cc1. The molecule has 0 bridgehead atoms. The molecule has 0 radical (unpaired) electrons. The monoisotopic (exact) mass is 193 g/mol. The zero-order chi connectivity index (χ0) is 9.97. The van der Waals surface area contributed by atoms with Crippen LogP contribution in [0.3, 0.4) is 0 Å². The van der Waals surface area contributed by atoms with E-state index in [0.717, 1.165) is 24.3 Å². The van der Waals surface area contributed by atoms with E-state index in [-0.39, 0.29) is 12.1 Å². The van der Waals surface area contributed by atoms with E-state index in [9.17, 15) is 5.11 Å². The van der Waals surface area contributed by atoms with Crippen LogP contribution in [-0.4, -0.2) is 24.9 Å². The highest BCUT2D eigenvalue weighted by Crippen LogP contribution is 2.25. The van der Waals surface area contributed by atoms with Crippen molar-refractivity contribution >= 4 is 0 Å². The first-order chi connectivity index (χ1) is 6.81. The first kappa shape index (κ1) is 9.49. The average Bonchev–Trinajstić information content (AvgIpc) is 2.65. The minimum absolute atomic E-state index is 0.0842. The minimum Gasteiger partial charge on any atom is -0.497 e. The summed E-state index contributed by atoms with van der Waals surface area (Å²) >= 11 is 0. The van der Waals surface area contributed by atoms with Crippen molar-refractivity contribution in [3.63, 3.8) is 0 Å². The highest BCUT2D eigenvalue weighted by Gasteiger charge is 2.25. The van der Waals surface area contributed by atoms with Crippen LogP contribution in [0.2, 0.25) is 0 Å². The van der Waals surface area contributed by atoms with Crippen LogP contribution in [0.1, 0.15) is 18.0 Å². The Morgan fingerprint density at radius 2 is 2.07 bits per heavy atom. The summed E-state index contributed by atoms with van der Waals surface area (Å²) in [4.78, 5) is 0. The third kappa shape index (κ3) is 1.74. The molecule has 2 rings (SSSR count). The molecule has 1 heterocycles. The normalized spacial score (nSPS) is 26.4. The summed E-state index contributed by atoms with van der Waals surface area (Å²) in [5.74, 6) is 0.848. The number of nitrogens with one attached hydrogen (secondary N) is 1. The molecule has 2 unspecified atom stereocenters. The van der Waals surface area contributed by atoms with Crippen molar-refractivity contribution in [3.8, 4) is 5.75 Å². The van der Waals surface area contributed by atoms with Crippen molar-refractivity contribution < 1.29 is 9.84 Å². The fraction of sp³-hybridized carbons (Fsp3) is 0.455. The van der Waals surface area contributed by atoms with Gasteiger partial charge in [0.05, 0.1) is 19.3 Å². The number of benzene rings is 1. The lowest BCUT2D eigenvalue weighted by Gasteiger charge is -2.15. The van der Waals surface area contributed by atoms with Crippen LogP contribution >= 0.6 is 0 Å². The summed E-state index contributed by atoms with van der Waals surface area (Å²) in [6, 6.07) is 7.90. The number of rotatable bonds is 2. The van der Waals surface area contributed by atoms with Gasteiger partial charge in [-0.3, -0.25) is 0 Å². The summed E-state index contributed by atoms with van der Waals surface area (Å²) in [7, 11) is 1.65. The summed E-state index contributed by atoms with van der Waals surface area (Å²) in [5.41, 5.74) is 1.12. The predicted molar refractivity (Wildman–Crippen MR) is 54.4 cm³/mol. The van der Waals surface area contributed by atoms with Crippen LogP contribution in [0.5, 0.6) is 5.75 Å². The molecule has 0 spiro atoms. The number of aliphatic hydroxyl groups excluding tert-OH is 1. The molecule has 2 atom stereocenters. The van der Waals surface area contributed by atoms with Crippen LogP contribution in [-0.2, 0) is 0 Å². The number of ether oxygens (including phenoxy) is 1. The molecular formula is C11H15NO2. The molecule has 2 N–H and O–H groups in total. The van der Waals surface area contributed by atoms with Gasteiger partial charge in [-0.15, -0.1) is 0 Å². The van der Waals surface area contributed by atoms with Crippen LogP contribution in [0.15, 0.2) is 24.3 Å². The Kier molecular flexibility index (Phi) is 2.70. The zero-order valence-corrected chi connectivity index (χ0v) is 8.23. The van der Waals surface area contributed by atoms with Gasteiger partial charge < -0.3 is 15.2 Å². The number of hydrogen-bond donors (Lipinski definition) is 2. The average molecular weight is 193 g/mol. The third-order valence-corrected chi connectivity index (χ3v) is 2.66. The molecule has 0 amide bonds. The van der Waals surface area contributed by atoms with Gasteiger partial charge in [0.15, 0.2) is 0 Å². The van der Waals surface area contributed by atoms with Gasteiger partial charge in [-0.1, -0.05) is 12.1 Å². The maximum atomic E-state index is 9.68. The lowest BCUT2D eigenvalue weighted by molar-refractivity contribution is 0.160. The zero-order valence-electron chi connectivity index (χ0n) is 8.23. The van der Waals surface area contributed by atoms with Crippen molar-refractivity contribution in [2.24, 2.45) is 0 Å². The fourth-order valence-corrected chi connectivity index (χ4v) is 1.84. The van der Waals surface area contributed by atoms with Gasteiger partial charge in [-0.25, -0.2) is 0 Å². The molecule has 1 aliphatic heterocycles. The van der Waals surface area contributed by atoms with Gasteiger partial charge in [0.1, 0.15) is 5.75 Å². The van der Waals surface area contributed by atoms with Crippen molar-refractivity contribution in [3.05, 3.63) is 29.8 Å². The highest BCUT2D eigenvalue weighted by atomic mass is 16.5. The summed E-state index contributed by atoms with van der Waals surface area (Å²) in [5, 5.41) is 12.9. The number of methoxy groups -OCH3 is 1. The minimum atomic E-state index is -0.261. The van der Waals surface area contributed by atoms with E-state index in [1.807, 2.05) is 24.3 Å². The molecule has 14 heavy (non-hydrogen) atoms. The van der Waals surface area contributed by atoms with E-state index in [1.165, 1.54) is 0 Å². The topological polar surface area (TPSA) is 41.5 Å². The Labute approximate surface area is 83.7 Å². The molecule has 76 valence electrons. The van der Waals surface area contributed by atoms with E-state index >= 15 is 0 Å². The second-order valence-electron chi connectivity index (χ2n) is 3.56. The van der Waals surface area contributed by atoms with E-state index in [0.29, 0.717) is 0 Å². The Balaban J connectivity index is 2.16. The fourth-order valence-electron chi connectivity index (χ4n) is 1.84. The van der Waals surface area contributed by atoms with Gasteiger partial charge in [-0.05, 0) is 30.7 Å². The predicted octanol–water partition coefficient (Wildman–Crippen LogP) is 1.09. The first-order valence-corrected chi connectivity index (χ1v) is 4.86. The smallest absolute Gasteiger partial charge is 0.118 e. The maximum absolute atomic E-state index is 9.68. The van der Waals surface area contributed by atoms with Gasteiger partial charge in [0, 0.05) is 0 Å². The van der Waals surface area contributed by atoms with Gasteiger partial charge >= 0.3 is 0 Å². The summed E-state index contributed by atoms with van der Waals surface area (Å²) < 4.78 is 5.08. The lowest BCUT2D eigenvalue weighted by Crippen LogP contribution is -2.20. The van der Waals surface area contributed by atoms with Gasteiger partial charge in [0.2, 0.25) is 0 Å². The van der Waals surface area contributed by atoms with Gasteiger partial charge in [0.25, 0.3) is 0 Å². The second-order valence-corrected chi connectivity index (χ2v) is 3.56. The molecule has 1 aromatic carbocycles. The van der Waals surface area contributed by atoms with Crippen molar-refractivity contribution in [1.82, 2.24) is 5.32 Å². The van der Waals surface area contributed by atoms with Gasteiger partial charge in [-0.2, -0.15) is 0 Å². The van der Waals surface area contributed by atoms with E-state index < -0.39 is 0 Å². The van der Waals surface area contributed by atoms with E-state index in [1.54, 1.807) is 7.11 Å². The van der Waals surface area contributed by atoms with Crippen LogP contribution in [0, 0.1) is 0 Å². The van der Waals surface area contributed by atoms with Crippen molar-refractivity contribution in [2.45, 2.75) is 18.6 Å². The molecule has 1 aromatic rings. The Hall–Kier alpha value is -1.06. The molecule has 1 aliphatic rings. The summed E-state index contributed by atoms with van der Waals surface area (Å²) in [6.07, 6.45) is 0.569. The Bertz CT molecular complexity index is 297. The lowest BCUT2D eigenvalue weighted by atomic mass is 10.0. The second kappa shape index (κ2) is 3.98. The Morgan fingerprint density at radius 3 is 2.57 bits per heavy atom. The molecule has 1 saturated heterocycles. The largest absolute Gasteiger partial charge is 0.497 e. The molecule has 0 aliphatic carbocycles. The van der Waals surface area contributed by atoms with Crippen LogP contribution < -0.4 is 10.1 Å². The maximum Gasteiger partial charge on any atom is 0.118 e. The van der Waals surface area contributed by atoms with Crippen LogP contribution in [0.4, 0.5) is 0 Å². The summed E-state index contributed by atoms with van der Waals surface area (Å²) in [6.45, 7) is 0.887. The molecule has 3 heteroatoms. The van der Waals surface area contributed by atoms with E-state index in [4.69, 9.17) is 4.74 Å². The molecule has 1 fully saturated rings. The number of hydrogen-bond acceptors (Lipinski definition) is 3. The highest BCUT2D eigenvalue weighted by molar-refractivity contribution is 5.30. The Morgan fingerprint density at radius 1 is 1.36 bits per heavy atom. The molecule has 0 saturated carbocycles. The standard InChI is InChI=1S/C11H15NO2/c1-14-9-4-2-8(3-5-9)11-10(13)6-7-12-11/h2-5,10-13H,6-7H2,1H3. The van der Waals surface area contributed by atoms with Crippen LogP contribution in [0.25, 0.3) is 0 Å². The number of aliphatic hydroxyl groups is 1. The molecular weight excluding hydrogens is 178 g/mol. The van der Waals surface area contributed by atoms with Crippen molar-refractivity contribution in [1.29, 1.82) is 0 Å². The molecule has 3 nitrogen and oxygen atoms in total. The first-order valence-electron chi connectivity index (χ1n) is 4.86. The molecule has 0 aromatic heterocycles. The third-order valence-electron chi connectivity index (χ3n) is 2.66.